The maximum Gasteiger partial charge on any atom is 0.342 e. The van der Waals surface area contributed by atoms with Crippen molar-refractivity contribution < 1.29 is 20.0 Å². The van der Waals surface area contributed by atoms with Gasteiger partial charge in [0.25, 0.3) is 0 Å². The molecule has 108 valence electrons. The molecule has 2 unspecified atom stereocenters. The Morgan fingerprint density at radius 1 is 1.50 bits per heavy atom. The topological polar surface area (TPSA) is 123 Å². The maximum atomic E-state index is 10.8. The molecule has 0 saturated heterocycles. The number of hydrogen-bond donors (Lipinski definition) is 2. The third-order valence-corrected chi connectivity index (χ3v) is 3.90. The number of rotatable bonds is 2. The first kappa shape index (κ1) is 13.0. The van der Waals surface area contributed by atoms with Crippen molar-refractivity contribution in [2.24, 2.45) is 18.1 Å². The molecule has 0 radical (unpaired) electrons. The van der Waals surface area contributed by atoms with Gasteiger partial charge >= 0.3 is 5.82 Å². The van der Waals surface area contributed by atoms with E-state index in [1.165, 1.54) is 17.8 Å². The minimum Gasteiger partial charge on any atom is -0.390 e. The van der Waals surface area contributed by atoms with Crippen LogP contribution in [0.2, 0.25) is 0 Å². The first-order chi connectivity index (χ1) is 9.50. The average Bonchev–Trinajstić information content (AvgIpc) is 2.97. The van der Waals surface area contributed by atoms with E-state index in [4.69, 9.17) is 4.84 Å². The van der Waals surface area contributed by atoms with Gasteiger partial charge in [-0.05, 0) is 17.8 Å². The molecule has 1 aromatic heterocycles. The van der Waals surface area contributed by atoms with Crippen LogP contribution in [0.3, 0.4) is 0 Å². The van der Waals surface area contributed by atoms with E-state index < -0.39 is 23.2 Å². The van der Waals surface area contributed by atoms with Gasteiger partial charge in [-0.1, -0.05) is 5.16 Å². The molecule has 9 heteroatoms. The molecule has 1 aliphatic carbocycles. The van der Waals surface area contributed by atoms with Crippen LogP contribution < -0.4 is 0 Å². The van der Waals surface area contributed by atoms with Gasteiger partial charge in [-0.15, -0.1) is 0 Å². The number of aromatic nitrogens is 2. The first-order valence-electron chi connectivity index (χ1n) is 6.27. The molecule has 4 atom stereocenters. The van der Waals surface area contributed by atoms with E-state index in [1.54, 1.807) is 0 Å². The van der Waals surface area contributed by atoms with Gasteiger partial charge in [0.2, 0.25) is 5.82 Å². The summed E-state index contributed by atoms with van der Waals surface area (Å²) in [5.74, 6) is 0.00411. The second-order valence-electron chi connectivity index (χ2n) is 5.04. The lowest BCUT2D eigenvalue weighted by atomic mass is 9.80. The SMILES string of the molecule is Cn1c([N+](=O)[O-])cnc1C1=NO[C@H]2C(O)C(O)CC[C@H]12. The monoisotopic (exact) mass is 282 g/mol. The van der Waals surface area contributed by atoms with E-state index in [9.17, 15) is 20.3 Å². The van der Waals surface area contributed by atoms with Crippen molar-refractivity contribution in [1.29, 1.82) is 0 Å². The number of nitro groups is 1. The molecule has 9 nitrogen and oxygen atoms in total. The molecule has 1 aliphatic heterocycles. The largest absolute Gasteiger partial charge is 0.390 e. The first-order valence-corrected chi connectivity index (χ1v) is 6.27. The fourth-order valence-electron chi connectivity index (χ4n) is 2.77. The van der Waals surface area contributed by atoms with Crippen LogP contribution in [0.1, 0.15) is 18.7 Å². The minimum absolute atomic E-state index is 0.137. The van der Waals surface area contributed by atoms with E-state index in [2.05, 4.69) is 10.1 Å². The standard InChI is InChI=1S/C11H14N4O5/c1-14-7(15(18)19)4-12-11(14)8-5-2-3-6(16)9(17)10(5)20-13-8/h4-6,9-10,16-17H,2-3H2,1H3/t5-,6?,9?,10-/m1/s1. The Balaban J connectivity index is 1.91. The molecule has 2 heterocycles. The Bertz CT molecular complexity index is 583. The van der Waals surface area contributed by atoms with Gasteiger partial charge in [0.05, 0.1) is 19.1 Å². The number of nitrogens with zero attached hydrogens (tertiary/aromatic N) is 4. The van der Waals surface area contributed by atoms with Crippen molar-refractivity contribution in [3.63, 3.8) is 0 Å². The van der Waals surface area contributed by atoms with Crippen LogP contribution in [-0.4, -0.2) is 48.7 Å². The normalized spacial score (nSPS) is 32.5. The summed E-state index contributed by atoms with van der Waals surface area (Å²) < 4.78 is 1.34. The smallest absolute Gasteiger partial charge is 0.342 e. The van der Waals surface area contributed by atoms with Crippen LogP contribution in [0, 0.1) is 16.0 Å². The lowest BCUT2D eigenvalue weighted by molar-refractivity contribution is -0.391. The van der Waals surface area contributed by atoms with Crippen LogP contribution in [0.25, 0.3) is 0 Å². The molecule has 3 rings (SSSR count). The highest BCUT2D eigenvalue weighted by atomic mass is 16.7. The minimum atomic E-state index is -1.01. The maximum absolute atomic E-state index is 10.8. The zero-order valence-electron chi connectivity index (χ0n) is 10.7. The van der Waals surface area contributed by atoms with Gasteiger partial charge in [0, 0.05) is 0 Å². The van der Waals surface area contributed by atoms with Gasteiger partial charge in [0.1, 0.15) is 12.3 Å². The third-order valence-electron chi connectivity index (χ3n) is 3.90. The summed E-state index contributed by atoms with van der Waals surface area (Å²) in [7, 11) is 1.53. The van der Waals surface area contributed by atoms with Gasteiger partial charge in [-0.25, -0.2) is 9.55 Å². The highest BCUT2D eigenvalue weighted by Crippen LogP contribution is 2.35. The van der Waals surface area contributed by atoms with Crippen molar-refractivity contribution in [2.75, 3.05) is 0 Å². The second kappa shape index (κ2) is 4.53. The van der Waals surface area contributed by atoms with Gasteiger partial charge < -0.3 is 25.2 Å². The Morgan fingerprint density at radius 3 is 2.90 bits per heavy atom. The van der Waals surface area contributed by atoms with Crippen LogP contribution >= 0.6 is 0 Å². The zero-order valence-corrected chi connectivity index (χ0v) is 10.7. The predicted octanol–water partition coefficient (Wildman–Crippen LogP) is -0.437. The Morgan fingerprint density at radius 2 is 2.25 bits per heavy atom. The summed E-state index contributed by atoms with van der Waals surface area (Å²) in [4.78, 5) is 19.5. The van der Waals surface area contributed by atoms with Crippen molar-refractivity contribution in [2.45, 2.75) is 31.2 Å². The highest BCUT2D eigenvalue weighted by molar-refractivity contribution is 6.00. The number of imidazole rings is 1. The van der Waals surface area contributed by atoms with Crippen molar-refractivity contribution in [3.05, 3.63) is 22.1 Å². The highest BCUT2D eigenvalue weighted by Gasteiger charge is 2.48. The van der Waals surface area contributed by atoms with Crippen molar-refractivity contribution in [3.8, 4) is 0 Å². The van der Waals surface area contributed by atoms with Gasteiger partial charge in [0.15, 0.2) is 11.8 Å². The fourth-order valence-corrected chi connectivity index (χ4v) is 2.77. The van der Waals surface area contributed by atoms with E-state index in [-0.39, 0.29) is 11.7 Å². The number of hydrogen-bond acceptors (Lipinski definition) is 7. The molecular weight excluding hydrogens is 268 g/mol. The van der Waals surface area contributed by atoms with E-state index in [0.29, 0.717) is 24.4 Å². The molecular formula is C11H14N4O5. The lowest BCUT2D eigenvalue weighted by Crippen LogP contribution is -2.47. The van der Waals surface area contributed by atoms with Crippen LogP contribution in [0.4, 0.5) is 5.82 Å². The fraction of sp³-hybridized carbons (Fsp3) is 0.636. The average molecular weight is 282 g/mol. The summed E-state index contributed by atoms with van der Waals surface area (Å²) >= 11 is 0. The summed E-state index contributed by atoms with van der Waals surface area (Å²) in [6.45, 7) is 0. The van der Waals surface area contributed by atoms with Crippen molar-refractivity contribution in [1.82, 2.24) is 9.55 Å². The molecule has 1 saturated carbocycles. The third kappa shape index (κ3) is 1.78. The molecule has 0 bridgehead atoms. The Labute approximate surface area is 113 Å². The lowest BCUT2D eigenvalue weighted by Gasteiger charge is -2.31. The molecule has 2 aliphatic rings. The van der Waals surface area contributed by atoms with E-state index in [1.807, 2.05) is 0 Å². The van der Waals surface area contributed by atoms with E-state index in [0.717, 1.165) is 0 Å². The number of aliphatic hydroxyl groups is 2. The molecule has 1 fully saturated rings. The number of aliphatic hydroxyl groups excluding tert-OH is 2. The van der Waals surface area contributed by atoms with Gasteiger partial charge in [-0.2, -0.15) is 0 Å². The summed E-state index contributed by atoms with van der Waals surface area (Å²) in [5.41, 5.74) is 0.483. The van der Waals surface area contributed by atoms with Crippen LogP contribution in [-0.2, 0) is 11.9 Å². The Kier molecular flexibility index (Phi) is 2.94. The molecule has 1 aromatic rings. The number of fused-ring (bicyclic) bond motifs is 1. The zero-order chi connectivity index (χ0) is 14.4. The summed E-state index contributed by atoms with van der Waals surface area (Å²) in [6.07, 6.45) is -0.282. The van der Waals surface area contributed by atoms with Gasteiger partial charge in [-0.3, -0.25) is 0 Å². The molecule has 0 amide bonds. The second-order valence-corrected chi connectivity index (χ2v) is 5.04. The van der Waals surface area contributed by atoms with Crippen molar-refractivity contribution >= 4 is 11.5 Å². The predicted molar refractivity (Wildman–Crippen MR) is 66.0 cm³/mol. The molecule has 2 N–H and O–H groups in total. The molecule has 0 aromatic carbocycles. The quantitative estimate of drug-likeness (QED) is 0.560. The van der Waals surface area contributed by atoms with E-state index >= 15 is 0 Å². The molecule has 0 spiro atoms. The van der Waals surface area contributed by atoms with Crippen LogP contribution in [0.15, 0.2) is 11.4 Å². The summed E-state index contributed by atoms with van der Waals surface area (Å²) in [6, 6.07) is 0. The Hall–Kier alpha value is -2.00. The molecule has 20 heavy (non-hydrogen) atoms. The summed E-state index contributed by atoms with van der Waals surface area (Å²) in [5, 5.41) is 34.3. The van der Waals surface area contributed by atoms with Crippen LogP contribution in [0.5, 0.6) is 0 Å². The number of oxime groups is 1.